The number of aliphatic hydroxyl groups is 1. The van der Waals surface area contributed by atoms with E-state index in [-0.39, 0.29) is 49.4 Å². The van der Waals surface area contributed by atoms with Gasteiger partial charge in [0.2, 0.25) is 11.8 Å². The molecule has 0 saturated carbocycles. The van der Waals surface area contributed by atoms with E-state index < -0.39 is 23.4 Å². The molecule has 5 rings (SSSR count). The lowest BCUT2D eigenvalue weighted by molar-refractivity contribution is -0.179. The fourth-order valence-electron chi connectivity index (χ4n) is 5.67. The molecule has 4 N–H and O–H groups in total. The average molecular weight is 725 g/mol. The maximum Gasteiger partial charge on any atom is 0.391 e. The number of aliphatic hydroxyl groups excluding tert-OH is 1. The molecule has 0 spiro atoms. The molecule has 0 radical (unpaired) electrons. The Morgan fingerprint density at radius 3 is 2.41 bits per heavy atom. The Kier molecular flexibility index (Phi) is 10.5. The molecule has 2 aromatic heterocycles. The van der Waals surface area contributed by atoms with Crippen molar-refractivity contribution in [3.05, 3.63) is 57.2 Å². The van der Waals surface area contributed by atoms with Gasteiger partial charge in [-0.25, -0.2) is 4.98 Å². The first kappa shape index (κ1) is 36.8. The van der Waals surface area contributed by atoms with Crippen LogP contribution in [-0.2, 0) is 19.0 Å². The van der Waals surface area contributed by atoms with Crippen molar-refractivity contribution >= 4 is 63.3 Å². The fourth-order valence-corrected chi connectivity index (χ4v) is 6.21. The van der Waals surface area contributed by atoms with Gasteiger partial charge in [-0.2, -0.15) is 13.2 Å². The molecule has 0 aliphatic carbocycles. The molecule has 49 heavy (non-hydrogen) atoms. The third-order valence-electron chi connectivity index (χ3n) is 8.76. The number of benzene rings is 2. The predicted molar refractivity (Wildman–Crippen MR) is 187 cm³/mol. The van der Waals surface area contributed by atoms with Crippen LogP contribution in [0, 0.1) is 11.3 Å². The normalized spacial score (nSPS) is 14.9. The Morgan fingerprint density at radius 2 is 1.78 bits per heavy atom. The standard InChI is InChI=1S/C34H42Cl2F3N7O3/c1-32(2,3)17-40-16-19-7-8-22(35)29(28(19)36)43-31-41-23-13-21(30(48)42-27-15-26(44-49-27)33(4,5)18-47)24(14-25(23)45(31)6)46-11-9-20(10-12-46)34(37,38)39/h7-8,13-15,20,40,47H,9-12,16-18H2,1-6H3,(H,41,43)(H,42,48). The van der Waals surface area contributed by atoms with Crippen LogP contribution >= 0.6 is 23.2 Å². The van der Waals surface area contributed by atoms with Crippen molar-refractivity contribution in [3.63, 3.8) is 0 Å². The SMILES string of the molecule is Cn1c(Nc2c(Cl)ccc(CNCC(C)(C)C)c2Cl)nc2cc(C(=O)Nc3cc(C(C)(C)CO)no3)c(N3CCC(C(F)(F)F)CC3)cc21. The molecule has 1 amide bonds. The summed E-state index contributed by atoms with van der Waals surface area (Å²) in [6.07, 6.45) is -4.48. The van der Waals surface area contributed by atoms with Gasteiger partial charge in [0.15, 0.2) is 0 Å². The van der Waals surface area contributed by atoms with Gasteiger partial charge in [-0.3, -0.25) is 10.1 Å². The number of amides is 1. The first-order chi connectivity index (χ1) is 22.9. The van der Waals surface area contributed by atoms with E-state index in [2.05, 4.69) is 41.9 Å². The molecule has 2 aromatic carbocycles. The third kappa shape index (κ3) is 8.28. The number of fused-ring (bicyclic) bond motifs is 1. The Labute approximate surface area is 293 Å². The second-order valence-electron chi connectivity index (χ2n) is 14.4. The summed E-state index contributed by atoms with van der Waals surface area (Å²) in [6, 6.07) is 8.51. The summed E-state index contributed by atoms with van der Waals surface area (Å²) in [5, 5.41) is 23.9. The van der Waals surface area contributed by atoms with Crippen molar-refractivity contribution in [1.29, 1.82) is 0 Å². The summed E-state index contributed by atoms with van der Waals surface area (Å²) in [7, 11) is 1.78. The number of anilines is 4. The summed E-state index contributed by atoms with van der Waals surface area (Å²) in [6.45, 7) is 11.3. The lowest BCUT2D eigenvalue weighted by atomic mass is 9.91. The Balaban J connectivity index is 1.49. The summed E-state index contributed by atoms with van der Waals surface area (Å²) in [5.41, 5.74) is 2.89. The number of rotatable bonds is 10. The van der Waals surface area contributed by atoms with Crippen LogP contribution in [0.4, 0.5) is 36.4 Å². The Hall–Kier alpha value is -3.52. The number of carbonyl (C=O) groups excluding carboxylic acids is 1. The van der Waals surface area contributed by atoms with E-state index in [0.717, 1.165) is 12.1 Å². The van der Waals surface area contributed by atoms with E-state index in [4.69, 9.17) is 32.7 Å². The molecule has 1 aliphatic rings. The largest absolute Gasteiger partial charge is 0.395 e. The van der Waals surface area contributed by atoms with E-state index in [0.29, 0.717) is 50.6 Å². The Bertz CT molecular complexity index is 1820. The van der Waals surface area contributed by atoms with Crippen LogP contribution in [0.25, 0.3) is 11.0 Å². The van der Waals surface area contributed by atoms with Crippen LogP contribution < -0.4 is 20.9 Å². The molecular weight excluding hydrogens is 682 g/mol. The van der Waals surface area contributed by atoms with Gasteiger partial charge in [0.1, 0.15) is 0 Å². The summed E-state index contributed by atoms with van der Waals surface area (Å²) in [4.78, 5) is 20.3. The van der Waals surface area contributed by atoms with Gasteiger partial charge >= 0.3 is 6.18 Å². The molecule has 4 aromatic rings. The molecule has 1 aliphatic heterocycles. The van der Waals surface area contributed by atoms with Gasteiger partial charge in [0.25, 0.3) is 5.91 Å². The zero-order chi connectivity index (χ0) is 35.9. The first-order valence-electron chi connectivity index (χ1n) is 16.0. The maximum atomic E-state index is 13.8. The minimum Gasteiger partial charge on any atom is -0.395 e. The smallest absolute Gasteiger partial charge is 0.391 e. The lowest BCUT2D eigenvalue weighted by Gasteiger charge is -2.35. The number of carbonyl (C=O) groups is 1. The number of nitrogens with zero attached hydrogens (tertiary/aromatic N) is 4. The maximum absolute atomic E-state index is 13.8. The van der Waals surface area contributed by atoms with Crippen LogP contribution in [0.2, 0.25) is 10.0 Å². The fraction of sp³-hybridized carbons (Fsp3) is 0.500. The number of aromatic nitrogens is 3. The third-order valence-corrected chi connectivity index (χ3v) is 9.50. The van der Waals surface area contributed by atoms with Crippen molar-refractivity contribution < 1.29 is 27.6 Å². The molecule has 0 unspecified atom stereocenters. The van der Waals surface area contributed by atoms with Gasteiger partial charge in [-0.15, -0.1) is 0 Å². The van der Waals surface area contributed by atoms with Gasteiger partial charge in [0.05, 0.1) is 56.2 Å². The molecule has 266 valence electrons. The van der Waals surface area contributed by atoms with Crippen molar-refractivity contribution in [2.75, 3.05) is 41.8 Å². The highest BCUT2D eigenvalue weighted by Crippen LogP contribution is 2.39. The molecular formula is C34H42Cl2F3N7O3. The van der Waals surface area contributed by atoms with Crippen LogP contribution in [-0.4, -0.2) is 58.1 Å². The molecule has 3 heterocycles. The summed E-state index contributed by atoms with van der Waals surface area (Å²) in [5.74, 6) is -1.51. The number of hydrogen-bond acceptors (Lipinski definition) is 8. The van der Waals surface area contributed by atoms with Crippen molar-refractivity contribution in [2.24, 2.45) is 18.4 Å². The molecule has 1 saturated heterocycles. The highest BCUT2D eigenvalue weighted by molar-refractivity contribution is 6.39. The zero-order valence-electron chi connectivity index (χ0n) is 28.4. The number of imidazole rings is 1. The molecule has 1 fully saturated rings. The minimum atomic E-state index is -4.28. The summed E-state index contributed by atoms with van der Waals surface area (Å²) < 4.78 is 47.6. The lowest BCUT2D eigenvalue weighted by Crippen LogP contribution is -2.39. The highest BCUT2D eigenvalue weighted by atomic mass is 35.5. The molecule has 15 heteroatoms. The van der Waals surface area contributed by atoms with Crippen molar-refractivity contribution in [1.82, 2.24) is 20.0 Å². The van der Waals surface area contributed by atoms with E-state index >= 15 is 0 Å². The number of alkyl halides is 3. The van der Waals surface area contributed by atoms with E-state index in [9.17, 15) is 23.1 Å². The van der Waals surface area contributed by atoms with Crippen molar-refractivity contribution in [3.8, 4) is 0 Å². The van der Waals surface area contributed by atoms with Gasteiger partial charge in [-0.1, -0.05) is 69.0 Å². The van der Waals surface area contributed by atoms with E-state index in [1.807, 2.05) is 6.07 Å². The van der Waals surface area contributed by atoms with Crippen LogP contribution in [0.5, 0.6) is 0 Å². The topological polar surface area (TPSA) is 120 Å². The Morgan fingerprint density at radius 1 is 1.08 bits per heavy atom. The van der Waals surface area contributed by atoms with E-state index in [1.165, 1.54) is 6.07 Å². The number of halogens is 5. The van der Waals surface area contributed by atoms with Gasteiger partial charge < -0.3 is 29.7 Å². The number of hydrogen-bond donors (Lipinski definition) is 4. The van der Waals surface area contributed by atoms with Gasteiger partial charge in [0, 0.05) is 44.7 Å². The quantitative estimate of drug-likeness (QED) is 0.130. The second kappa shape index (κ2) is 14.0. The van der Waals surface area contributed by atoms with Crippen LogP contribution in [0.1, 0.15) is 69.1 Å². The summed E-state index contributed by atoms with van der Waals surface area (Å²) >= 11 is 13.4. The zero-order valence-corrected chi connectivity index (χ0v) is 29.9. The molecule has 10 nitrogen and oxygen atoms in total. The number of piperidine rings is 1. The van der Waals surface area contributed by atoms with Crippen molar-refractivity contribution in [2.45, 2.75) is 65.6 Å². The van der Waals surface area contributed by atoms with E-state index in [1.54, 1.807) is 48.6 Å². The predicted octanol–water partition coefficient (Wildman–Crippen LogP) is 8.05. The monoisotopic (exact) mass is 723 g/mol. The molecule has 0 atom stereocenters. The van der Waals surface area contributed by atoms with Gasteiger partial charge in [-0.05, 0) is 42.0 Å². The van der Waals surface area contributed by atoms with Crippen LogP contribution in [0.3, 0.4) is 0 Å². The molecule has 0 bridgehead atoms. The number of aryl methyl sites for hydroxylation is 1. The highest BCUT2D eigenvalue weighted by Gasteiger charge is 2.41. The minimum absolute atomic E-state index is 0.0629. The number of nitrogens with one attached hydrogen (secondary N) is 3. The average Bonchev–Trinajstić information content (AvgIpc) is 3.63. The first-order valence-corrected chi connectivity index (χ1v) is 16.8. The van der Waals surface area contributed by atoms with Crippen LogP contribution in [0.15, 0.2) is 34.9 Å². The second-order valence-corrected chi connectivity index (χ2v) is 15.2.